The SMILES string of the molecule is Cc1cc(N=CN)ccc1C(C)(F)F. The lowest BCUT2D eigenvalue weighted by molar-refractivity contribution is 0.0168. The summed E-state index contributed by atoms with van der Waals surface area (Å²) in [5.74, 6) is -2.81. The van der Waals surface area contributed by atoms with Gasteiger partial charge in [0.15, 0.2) is 0 Å². The summed E-state index contributed by atoms with van der Waals surface area (Å²) in [4.78, 5) is 3.80. The molecule has 0 saturated carbocycles. The van der Waals surface area contributed by atoms with Gasteiger partial charge in [0.05, 0.1) is 12.0 Å². The number of alkyl halides is 2. The second-order valence-electron chi connectivity index (χ2n) is 3.17. The molecule has 0 unspecified atom stereocenters. The zero-order valence-electron chi connectivity index (χ0n) is 8.09. The Morgan fingerprint density at radius 2 is 2.07 bits per heavy atom. The molecule has 0 aliphatic heterocycles. The van der Waals surface area contributed by atoms with Gasteiger partial charge in [-0.05, 0) is 24.6 Å². The lowest BCUT2D eigenvalue weighted by Gasteiger charge is -2.13. The van der Waals surface area contributed by atoms with E-state index in [4.69, 9.17) is 5.73 Å². The topological polar surface area (TPSA) is 38.4 Å². The normalized spacial score (nSPS) is 12.3. The van der Waals surface area contributed by atoms with E-state index in [0.29, 0.717) is 11.3 Å². The van der Waals surface area contributed by atoms with Crippen LogP contribution in [0.3, 0.4) is 0 Å². The summed E-state index contributed by atoms with van der Waals surface area (Å²) in [6.07, 6.45) is 1.14. The fourth-order valence-corrected chi connectivity index (χ4v) is 1.31. The molecule has 0 atom stereocenters. The van der Waals surface area contributed by atoms with Crippen molar-refractivity contribution in [3.05, 3.63) is 29.3 Å². The third kappa shape index (κ3) is 2.28. The highest BCUT2D eigenvalue weighted by Gasteiger charge is 2.25. The van der Waals surface area contributed by atoms with E-state index in [1.54, 1.807) is 13.0 Å². The molecule has 0 aromatic heterocycles. The molecule has 0 aliphatic rings. The molecule has 0 fully saturated rings. The molecule has 1 aromatic rings. The minimum atomic E-state index is -2.81. The van der Waals surface area contributed by atoms with Crippen molar-refractivity contribution in [1.82, 2.24) is 0 Å². The quantitative estimate of drug-likeness (QED) is 0.576. The maximum atomic E-state index is 13.0. The first-order valence-corrected chi connectivity index (χ1v) is 4.18. The highest BCUT2D eigenvalue weighted by molar-refractivity contribution is 5.59. The Hall–Kier alpha value is -1.45. The van der Waals surface area contributed by atoms with Crippen LogP contribution in [0, 0.1) is 6.92 Å². The molecule has 2 N–H and O–H groups in total. The van der Waals surface area contributed by atoms with E-state index in [1.807, 2.05) is 0 Å². The van der Waals surface area contributed by atoms with E-state index in [2.05, 4.69) is 4.99 Å². The number of halogens is 2. The van der Waals surface area contributed by atoms with Crippen molar-refractivity contribution in [3.8, 4) is 0 Å². The van der Waals surface area contributed by atoms with Crippen LogP contribution in [0.15, 0.2) is 23.2 Å². The van der Waals surface area contributed by atoms with Crippen molar-refractivity contribution in [3.63, 3.8) is 0 Å². The summed E-state index contributed by atoms with van der Waals surface area (Å²) < 4.78 is 25.9. The highest BCUT2D eigenvalue weighted by Crippen LogP contribution is 2.31. The third-order valence-corrected chi connectivity index (χ3v) is 1.91. The van der Waals surface area contributed by atoms with E-state index in [-0.39, 0.29) is 5.56 Å². The van der Waals surface area contributed by atoms with E-state index >= 15 is 0 Å². The Bertz CT molecular complexity index is 354. The molecule has 0 radical (unpaired) electrons. The maximum absolute atomic E-state index is 13.0. The summed E-state index contributed by atoms with van der Waals surface area (Å²) >= 11 is 0. The molecule has 14 heavy (non-hydrogen) atoms. The molecular weight excluding hydrogens is 186 g/mol. The Balaban J connectivity index is 3.14. The Morgan fingerprint density at radius 3 is 2.50 bits per heavy atom. The van der Waals surface area contributed by atoms with E-state index in [0.717, 1.165) is 13.3 Å². The molecule has 76 valence electrons. The van der Waals surface area contributed by atoms with Crippen molar-refractivity contribution in [2.75, 3.05) is 0 Å². The molecule has 1 aromatic carbocycles. The average molecular weight is 198 g/mol. The van der Waals surface area contributed by atoms with Crippen LogP contribution in [0.25, 0.3) is 0 Å². The molecule has 1 rings (SSSR count). The zero-order valence-corrected chi connectivity index (χ0v) is 8.09. The van der Waals surface area contributed by atoms with Crippen molar-refractivity contribution >= 4 is 12.0 Å². The molecule has 0 amide bonds. The molecule has 0 bridgehead atoms. The number of aryl methyl sites for hydroxylation is 1. The molecular formula is C10H12F2N2. The van der Waals surface area contributed by atoms with E-state index in [9.17, 15) is 8.78 Å². The summed E-state index contributed by atoms with van der Waals surface area (Å²) in [6, 6.07) is 4.47. The summed E-state index contributed by atoms with van der Waals surface area (Å²) in [5, 5.41) is 0. The molecule has 0 spiro atoms. The van der Waals surface area contributed by atoms with Gasteiger partial charge in [0.25, 0.3) is 5.92 Å². The second kappa shape index (κ2) is 3.74. The number of hydrogen-bond acceptors (Lipinski definition) is 1. The van der Waals surface area contributed by atoms with Gasteiger partial charge in [-0.1, -0.05) is 6.07 Å². The predicted octanol–water partition coefficient (Wildman–Crippen LogP) is 2.73. The van der Waals surface area contributed by atoms with Crippen LogP contribution in [0.5, 0.6) is 0 Å². The predicted molar refractivity (Wildman–Crippen MR) is 53.1 cm³/mol. The minimum absolute atomic E-state index is 0.0217. The van der Waals surface area contributed by atoms with Gasteiger partial charge in [-0.2, -0.15) is 0 Å². The first-order valence-electron chi connectivity index (χ1n) is 4.18. The molecule has 2 nitrogen and oxygen atoms in total. The van der Waals surface area contributed by atoms with Gasteiger partial charge in [-0.25, -0.2) is 13.8 Å². The van der Waals surface area contributed by atoms with Crippen molar-refractivity contribution in [1.29, 1.82) is 0 Å². The van der Waals surface area contributed by atoms with E-state index < -0.39 is 5.92 Å². The summed E-state index contributed by atoms with van der Waals surface area (Å²) in [6.45, 7) is 2.50. The van der Waals surface area contributed by atoms with Crippen LogP contribution >= 0.6 is 0 Å². The first-order chi connectivity index (χ1) is 6.45. The van der Waals surface area contributed by atoms with Gasteiger partial charge in [0.1, 0.15) is 0 Å². The molecule has 0 aliphatic carbocycles. The van der Waals surface area contributed by atoms with E-state index in [1.165, 1.54) is 12.1 Å². The smallest absolute Gasteiger partial charge is 0.270 e. The van der Waals surface area contributed by atoms with Gasteiger partial charge in [0.2, 0.25) is 0 Å². The monoisotopic (exact) mass is 198 g/mol. The molecule has 0 heterocycles. The Labute approximate surface area is 81.5 Å². The lowest BCUT2D eigenvalue weighted by Crippen LogP contribution is -2.08. The number of hydrogen-bond donors (Lipinski definition) is 1. The van der Waals surface area contributed by atoms with Gasteiger partial charge in [0, 0.05) is 12.5 Å². The molecule has 0 saturated heterocycles. The van der Waals surface area contributed by atoms with Crippen LogP contribution in [0.4, 0.5) is 14.5 Å². The van der Waals surface area contributed by atoms with Crippen LogP contribution in [-0.2, 0) is 5.92 Å². The molecule has 4 heteroatoms. The third-order valence-electron chi connectivity index (χ3n) is 1.91. The number of aliphatic imine (C=N–C) groups is 1. The average Bonchev–Trinajstić information content (AvgIpc) is 2.02. The first kappa shape index (κ1) is 10.6. The largest absolute Gasteiger partial charge is 0.390 e. The Morgan fingerprint density at radius 1 is 1.43 bits per heavy atom. The van der Waals surface area contributed by atoms with Crippen LogP contribution in [0.2, 0.25) is 0 Å². The fraction of sp³-hybridized carbons (Fsp3) is 0.300. The minimum Gasteiger partial charge on any atom is -0.390 e. The van der Waals surface area contributed by atoms with Crippen molar-refractivity contribution < 1.29 is 8.78 Å². The van der Waals surface area contributed by atoms with Crippen LogP contribution in [-0.4, -0.2) is 6.34 Å². The second-order valence-corrected chi connectivity index (χ2v) is 3.17. The lowest BCUT2D eigenvalue weighted by atomic mass is 10.0. The zero-order chi connectivity index (χ0) is 10.8. The summed E-state index contributed by atoms with van der Waals surface area (Å²) in [7, 11) is 0. The standard InChI is InChI=1S/C10H12F2N2/c1-7-5-8(14-6-13)3-4-9(7)10(2,11)12/h3-6H,1-2H3,(H2,13,14). The van der Waals surface area contributed by atoms with Gasteiger partial charge < -0.3 is 5.73 Å². The van der Waals surface area contributed by atoms with Crippen LogP contribution < -0.4 is 5.73 Å². The Kier molecular flexibility index (Phi) is 2.84. The van der Waals surface area contributed by atoms with Gasteiger partial charge in [-0.3, -0.25) is 0 Å². The number of rotatable bonds is 2. The van der Waals surface area contributed by atoms with Gasteiger partial charge in [-0.15, -0.1) is 0 Å². The summed E-state index contributed by atoms with van der Waals surface area (Å²) in [5.41, 5.74) is 6.21. The number of nitrogens with two attached hydrogens (primary N) is 1. The highest BCUT2D eigenvalue weighted by atomic mass is 19.3. The fourth-order valence-electron chi connectivity index (χ4n) is 1.31. The van der Waals surface area contributed by atoms with Crippen molar-refractivity contribution in [2.45, 2.75) is 19.8 Å². The van der Waals surface area contributed by atoms with Crippen molar-refractivity contribution in [2.24, 2.45) is 10.7 Å². The number of nitrogens with zero attached hydrogens (tertiary/aromatic N) is 1. The number of benzene rings is 1. The maximum Gasteiger partial charge on any atom is 0.270 e. The van der Waals surface area contributed by atoms with Crippen LogP contribution in [0.1, 0.15) is 18.1 Å². The van der Waals surface area contributed by atoms with Gasteiger partial charge >= 0.3 is 0 Å².